The fourth-order valence-electron chi connectivity index (χ4n) is 3.69. The predicted molar refractivity (Wildman–Crippen MR) is 144 cm³/mol. The lowest BCUT2D eigenvalue weighted by molar-refractivity contribution is -0.253. The molecule has 1 amide bonds. The summed E-state index contributed by atoms with van der Waals surface area (Å²) in [5, 5.41) is 2.67. The van der Waals surface area contributed by atoms with Gasteiger partial charge in [0.25, 0.3) is 5.91 Å². The van der Waals surface area contributed by atoms with Gasteiger partial charge in [-0.3, -0.25) is 4.79 Å². The van der Waals surface area contributed by atoms with Crippen molar-refractivity contribution < 1.29 is 53.4 Å². The number of hydrogen-bond acceptors (Lipinski definition) is 2. The smallest absolute Gasteiger partial charge is 0.428 e. The van der Waals surface area contributed by atoms with Crippen molar-refractivity contribution in [2.24, 2.45) is 0 Å². The van der Waals surface area contributed by atoms with Gasteiger partial charge in [-0.1, -0.05) is 42.5 Å². The van der Waals surface area contributed by atoms with Gasteiger partial charge >= 0.3 is 18.7 Å². The van der Waals surface area contributed by atoms with Crippen molar-refractivity contribution in [3.63, 3.8) is 0 Å². The van der Waals surface area contributed by atoms with E-state index in [2.05, 4.69) is 26.0 Å². The molecule has 0 aliphatic heterocycles. The molecule has 0 saturated heterocycles. The summed E-state index contributed by atoms with van der Waals surface area (Å²) < 4.78 is 130. The van der Waals surface area contributed by atoms with E-state index >= 15 is 0 Å². The van der Waals surface area contributed by atoms with Crippen LogP contribution >= 0.6 is 15.9 Å². The molecule has 0 spiro atoms. The van der Waals surface area contributed by atoms with E-state index in [1.807, 2.05) is 30.3 Å². The van der Waals surface area contributed by atoms with Crippen molar-refractivity contribution in [1.82, 2.24) is 5.32 Å². The fourth-order valence-corrected chi connectivity index (χ4v) is 4.09. The van der Waals surface area contributed by atoms with Gasteiger partial charge in [-0.05, 0) is 75.9 Å². The van der Waals surface area contributed by atoms with Crippen LogP contribution in [0, 0.1) is 17.5 Å². The number of carbonyl (C=O) groups excluding carboxylic acids is 1. The van der Waals surface area contributed by atoms with Crippen molar-refractivity contribution in [3.05, 3.63) is 135 Å². The molecule has 0 heterocycles. The number of alkyl halides is 7. The summed E-state index contributed by atoms with van der Waals surface area (Å²) in [5.41, 5.74) is -0.431. The van der Waals surface area contributed by atoms with Gasteiger partial charge in [0.15, 0.2) is 0 Å². The molecule has 1 N–H and O–H groups in total. The summed E-state index contributed by atoms with van der Waals surface area (Å²) >= 11 is 3.10. The van der Waals surface area contributed by atoms with Crippen LogP contribution in [0.4, 0.5) is 43.9 Å². The van der Waals surface area contributed by atoms with Crippen LogP contribution in [0.5, 0.6) is 5.75 Å². The molecule has 0 aromatic heterocycles. The highest BCUT2D eigenvalue weighted by Crippen LogP contribution is 2.32. The van der Waals surface area contributed by atoms with E-state index in [1.165, 1.54) is 18.2 Å². The summed E-state index contributed by atoms with van der Waals surface area (Å²) in [5.74, 6) is -4.23. The topological polar surface area (TPSA) is 38.3 Å². The molecule has 234 valence electrons. The molecule has 3 nitrogen and oxygen atoms in total. The monoisotopic (exact) mass is 695 g/mol. The first-order valence-corrected chi connectivity index (χ1v) is 13.1. The van der Waals surface area contributed by atoms with Crippen LogP contribution in [0.2, 0.25) is 0 Å². The zero-order valence-corrected chi connectivity index (χ0v) is 23.6. The van der Waals surface area contributed by atoms with Crippen molar-refractivity contribution in [1.29, 1.82) is 0 Å². The van der Waals surface area contributed by atoms with Gasteiger partial charge in [0, 0.05) is 11.6 Å². The lowest BCUT2D eigenvalue weighted by Gasteiger charge is -2.20. The Labute approximate surface area is 252 Å². The third kappa shape index (κ3) is 9.73. The van der Waals surface area contributed by atoms with Crippen molar-refractivity contribution in [3.8, 4) is 5.75 Å². The van der Waals surface area contributed by atoms with Gasteiger partial charge in [-0.2, -0.15) is 30.7 Å². The minimum absolute atomic E-state index is 0.188. The third-order valence-electron chi connectivity index (χ3n) is 5.77. The quantitative estimate of drug-likeness (QED) is 0.187. The van der Waals surface area contributed by atoms with Gasteiger partial charge in [0.1, 0.15) is 23.2 Å². The molecule has 4 rings (SSSR count). The van der Waals surface area contributed by atoms with Crippen LogP contribution in [0.1, 0.15) is 33.1 Å². The molecule has 44 heavy (non-hydrogen) atoms. The zero-order chi connectivity index (χ0) is 32.7. The van der Waals surface area contributed by atoms with Crippen molar-refractivity contribution in [2.75, 3.05) is 0 Å². The van der Waals surface area contributed by atoms with E-state index in [4.69, 9.17) is 0 Å². The standard InChI is InChI=1S/C22H15BrF5NO.C8H5F5O/c23-17-12-14(6-9-19(17)25)20(10-13-4-2-1-3-5-13)29-21(30)15-7-8-18(24)16(11-15)22(26,27)28;9-5-2-1-3-6(4-5)14-8(12,13)7(10)11/h1-9,11-12,20H,10H2,(H,29,30);1-4,7H/t20-;/m1./s1. The van der Waals surface area contributed by atoms with Crippen molar-refractivity contribution >= 4 is 21.8 Å². The van der Waals surface area contributed by atoms with E-state index in [0.29, 0.717) is 30.2 Å². The zero-order valence-electron chi connectivity index (χ0n) is 22.0. The van der Waals surface area contributed by atoms with Gasteiger partial charge in [-0.25, -0.2) is 13.2 Å². The highest BCUT2D eigenvalue weighted by atomic mass is 79.9. The lowest BCUT2D eigenvalue weighted by atomic mass is 9.98. The molecular weight excluding hydrogens is 676 g/mol. The fraction of sp³-hybridized carbons (Fsp3) is 0.167. The molecule has 0 radical (unpaired) electrons. The van der Waals surface area contributed by atoms with Gasteiger partial charge in [0.2, 0.25) is 0 Å². The Balaban J connectivity index is 0.000000317. The van der Waals surface area contributed by atoms with Crippen LogP contribution in [-0.4, -0.2) is 18.4 Å². The highest BCUT2D eigenvalue weighted by molar-refractivity contribution is 9.10. The Morgan fingerprint density at radius 3 is 2.05 bits per heavy atom. The van der Waals surface area contributed by atoms with E-state index < -0.39 is 59.4 Å². The maximum atomic E-state index is 13.6. The van der Waals surface area contributed by atoms with Crippen LogP contribution in [0.15, 0.2) is 95.5 Å². The SMILES string of the molecule is Fc1cccc(OC(F)(F)C(F)F)c1.O=C(N[C@H](Cc1ccccc1)c1ccc(F)c(Br)c1)c1ccc(F)c(C(F)(F)F)c1. The third-order valence-corrected chi connectivity index (χ3v) is 6.38. The Bertz CT molecular complexity index is 1570. The average Bonchev–Trinajstić information content (AvgIpc) is 2.94. The molecule has 0 unspecified atom stereocenters. The van der Waals surface area contributed by atoms with Crippen LogP contribution in [0.3, 0.4) is 0 Å². The largest absolute Gasteiger partial charge is 0.461 e. The van der Waals surface area contributed by atoms with Gasteiger partial charge in [0.05, 0.1) is 16.1 Å². The van der Waals surface area contributed by atoms with Crippen molar-refractivity contribution in [2.45, 2.75) is 31.2 Å². The number of benzene rings is 4. The summed E-state index contributed by atoms with van der Waals surface area (Å²) in [6, 6.07) is 18.3. The Morgan fingerprint density at radius 1 is 0.795 bits per heavy atom. The molecule has 14 heteroatoms. The number of nitrogens with one attached hydrogen (secondary N) is 1. The number of hydrogen-bond donors (Lipinski definition) is 1. The Hall–Kier alpha value is -4.07. The van der Waals surface area contributed by atoms with Crippen LogP contribution < -0.4 is 10.1 Å². The lowest BCUT2D eigenvalue weighted by Crippen LogP contribution is -2.33. The Kier molecular flexibility index (Phi) is 11.4. The summed E-state index contributed by atoms with van der Waals surface area (Å²) in [6.07, 6.45) is -13.2. The number of carbonyl (C=O) groups is 1. The number of amides is 1. The maximum Gasteiger partial charge on any atom is 0.461 e. The molecule has 0 saturated carbocycles. The molecule has 4 aromatic rings. The van der Waals surface area contributed by atoms with Gasteiger partial charge < -0.3 is 10.1 Å². The normalized spacial score (nSPS) is 12.3. The molecule has 1 atom stereocenters. The minimum Gasteiger partial charge on any atom is -0.428 e. The van der Waals surface area contributed by atoms with E-state index in [-0.39, 0.29) is 10.0 Å². The van der Waals surface area contributed by atoms with Crippen LogP contribution in [0.25, 0.3) is 0 Å². The Morgan fingerprint density at radius 2 is 1.45 bits per heavy atom. The first kappa shape index (κ1) is 34.4. The number of rotatable bonds is 8. The second-order valence-corrected chi connectivity index (χ2v) is 9.86. The molecule has 0 aliphatic carbocycles. The molecule has 0 bridgehead atoms. The molecule has 4 aromatic carbocycles. The van der Waals surface area contributed by atoms with E-state index in [9.17, 15) is 48.7 Å². The number of ether oxygens (including phenoxy) is 1. The summed E-state index contributed by atoms with van der Waals surface area (Å²) in [4.78, 5) is 12.7. The second-order valence-electron chi connectivity index (χ2n) is 9.00. The molecule has 0 fully saturated rings. The highest BCUT2D eigenvalue weighted by Gasteiger charge is 2.44. The maximum absolute atomic E-state index is 13.6. The van der Waals surface area contributed by atoms with E-state index in [1.54, 1.807) is 0 Å². The summed E-state index contributed by atoms with van der Waals surface area (Å²) in [7, 11) is 0. The first-order chi connectivity index (χ1) is 20.6. The van der Waals surface area contributed by atoms with Crippen LogP contribution in [-0.2, 0) is 12.6 Å². The summed E-state index contributed by atoms with van der Waals surface area (Å²) in [6.45, 7) is 0. The second kappa shape index (κ2) is 14.6. The number of halogens is 11. The first-order valence-electron chi connectivity index (χ1n) is 12.3. The molecular formula is C30H20BrF10NO2. The van der Waals surface area contributed by atoms with Gasteiger partial charge in [-0.15, -0.1) is 0 Å². The average molecular weight is 696 g/mol. The predicted octanol–water partition coefficient (Wildman–Crippen LogP) is 9.52. The minimum atomic E-state index is -4.92. The van der Waals surface area contributed by atoms with E-state index in [0.717, 1.165) is 29.8 Å². The molecule has 0 aliphatic rings.